The Morgan fingerprint density at radius 2 is 2.10 bits per heavy atom. The van der Waals surface area contributed by atoms with Crippen LogP contribution in [0.3, 0.4) is 0 Å². The number of ether oxygens (including phenoxy) is 1. The van der Waals surface area contributed by atoms with Crippen LogP contribution in [0.2, 0.25) is 0 Å². The van der Waals surface area contributed by atoms with Gasteiger partial charge in [-0.3, -0.25) is 4.79 Å². The Kier molecular flexibility index (Phi) is 7.07. The lowest BCUT2D eigenvalue weighted by molar-refractivity contribution is -0.113. The highest BCUT2D eigenvalue weighted by molar-refractivity contribution is 7.99. The lowest BCUT2D eigenvalue weighted by Gasteiger charge is -2.25. The summed E-state index contributed by atoms with van der Waals surface area (Å²) in [7, 11) is 1.61. The molecule has 1 amide bonds. The molecule has 0 bridgehead atoms. The van der Waals surface area contributed by atoms with Gasteiger partial charge in [0.1, 0.15) is 11.6 Å². The quantitative estimate of drug-likeness (QED) is 0.487. The van der Waals surface area contributed by atoms with Gasteiger partial charge < -0.3 is 14.6 Å². The first-order valence-electron chi connectivity index (χ1n) is 10.3. The van der Waals surface area contributed by atoms with E-state index in [1.165, 1.54) is 35.9 Å². The van der Waals surface area contributed by atoms with Crippen LogP contribution in [0.1, 0.15) is 48.8 Å². The summed E-state index contributed by atoms with van der Waals surface area (Å²) in [5.41, 5.74) is 0.729. The molecule has 0 spiro atoms. The fourth-order valence-corrected chi connectivity index (χ4v) is 5.36. The van der Waals surface area contributed by atoms with Crippen LogP contribution in [0.5, 0.6) is 5.75 Å². The van der Waals surface area contributed by atoms with E-state index in [4.69, 9.17) is 4.74 Å². The van der Waals surface area contributed by atoms with Gasteiger partial charge in [-0.05, 0) is 36.4 Å². The Balaban J connectivity index is 1.45. The van der Waals surface area contributed by atoms with Crippen LogP contribution in [-0.4, -0.2) is 33.5 Å². The summed E-state index contributed by atoms with van der Waals surface area (Å²) in [6.45, 7) is 0. The molecule has 4 rings (SSSR count). The number of hydrogen-bond acceptors (Lipinski definition) is 6. The van der Waals surface area contributed by atoms with Crippen molar-refractivity contribution in [2.24, 2.45) is 0 Å². The van der Waals surface area contributed by atoms with E-state index in [0.717, 1.165) is 41.7 Å². The molecule has 0 aliphatic heterocycles. The number of rotatable bonds is 8. The maximum Gasteiger partial charge on any atom is 0.234 e. The first-order valence-corrected chi connectivity index (χ1v) is 12.1. The molecule has 1 aliphatic rings. The second-order valence-corrected chi connectivity index (χ2v) is 9.36. The molecule has 158 valence electrons. The van der Waals surface area contributed by atoms with Gasteiger partial charge in [0, 0.05) is 29.1 Å². The number of methoxy groups -OCH3 is 1. The fourth-order valence-electron chi connectivity index (χ4n) is 3.83. The SMILES string of the molecule is COc1cccc(NC(=O)CSc2nnc(Cc3cccs3)n2C2CCCCC2)c1. The number of hydrogen-bond donors (Lipinski definition) is 1. The molecule has 1 saturated carbocycles. The first-order chi connectivity index (χ1) is 14.7. The summed E-state index contributed by atoms with van der Waals surface area (Å²) >= 11 is 3.20. The van der Waals surface area contributed by atoms with Crippen molar-refractivity contribution in [1.29, 1.82) is 0 Å². The number of benzene rings is 1. The van der Waals surface area contributed by atoms with Crippen molar-refractivity contribution in [3.8, 4) is 5.75 Å². The molecule has 2 aromatic heterocycles. The number of carbonyl (C=O) groups excluding carboxylic acids is 1. The molecule has 0 saturated heterocycles. The van der Waals surface area contributed by atoms with Gasteiger partial charge >= 0.3 is 0 Å². The minimum absolute atomic E-state index is 0.0637. The van der Waals surface area contributed by atoms with Crippen molar-refractivity contribution in [3.05, 3.63) is 52.5 Å². The summed E-state index contributed by atoms with van der Waals surface area (Å²) < 4.78 is 7.51. The monoisotopic (exact) mass is 442 g/mol. The predicted molar refractivity (Wildman–Crippen MR) is 122 cm³/mol. The third-order valence-corrected chi connectivity index (χ3v) is 7.09. The Bertz CT molecular complexity index is 965. The molecule has 0 radical (unpaired) electrons. The minimum atomic E-state index is -0.0637. The molecule has 1 fully saturated rings. The maximum atomic E-state index is 12.5. The molecule has 0 atom stereocenters. The highest BCUT2D eigenvalue weighted by atomic mass is 32.2. The van der Waals surface area contributed by atoms with Crippen LogP contribution in [0.25, 0.3) is 0 Å². The lowest BCUT2D eigenvalue weighted by Crippen LogP contribution is -2.18. The highest BCUT2D eigenvalue weighted by Crippen LogP contribution is 2.33. The number of amides is 1. The molecule has 3 aromatic rings. The molecule has 0 unspecified atom stereocenters. The van der Waals surface area contributed by atoms with Crippen molar-refractivity contribution in [1.82, 2.24) is 14.8 Å². The van der Waals surface area contributed by atoms with E-state index in [0.29, 0.717) is 11.8 Å². The average Bonchev–Trinajstić information content (AvgIpc) is 3.43. The molecule has 1 aromatic carbocycles. The normalized spacial score (nSPS) is 14.6. The average molecular weight is 443 g/mol. The second kappa shape index (κ2) is 10.1. The Labute approximate surface area is 185 Å². The number of thioether (sulfide) groups is 1. The summed E-state index contributed by atoms with van der Waals surface area (Å²) in [5.74, 6) is 1.95. The highest BCUT2D eigenvalue weighted by Gasteiger charge is 2.23. The molecule has 2 heterocycles. The van der Waals surface area contributed by atoms with Gasteiger partial charge in [0.2, 0.25) is 5.91 Å². The fraction of sp³-hybridized carbons (Fsp3) is 0.409. The largest absolute Gasteiger partial charge is 0.497 e. The van der Waals surface area contributed by atoms with E-state index >= 15 is 0 Å². The summed E-state index contributed by atoms with van der Waals surface area (Å²) in [6, 6.07) is 12.0. The van der Waals surface area contributed by atoms with Crippen LogP contribution in [0.15, 0.2) is 46.9 Å². The zero-order valence-electron chi connectivity index (χ0n) is 17.0. The van der Waals surface area contributed by atoms with Gasteiger partial charge in [-0.25, -0.2) is 0 Å². The number of aromatic nitrogens is 3. The third kappa shape index (κ3) is 5.23. The molecule has 30 heavy (non-hydrogen) atoms. The van der Waals surface area contributed by atoms with E-state index in [1.54, 1.807) is 18.4 Å². The minimum Gasteiger partial charge on any atom is -0.497 e. The van der Waals surface area contributed by atoms with Crippen molar-refractivity contribution >= 4 is 34.7 Å². The second-order valence-electron chi connectivity index (χ2n) is 7.39. The number of anilines is 1. The maximum absolute atomic E-state index is 12.5. The zero-order valence-corrected chi connectivity index (χ0v) is 18.7. The van der Waals surface area contributed by atoms with Gasteiger partial charge in [-0.1, -0.05) is 43.2 Å². The van der Waals surface area contributed by atoms with Crippen molar-refractivity contribution in [2.75, 3.05) is 18.2 Å². The van der Waals surface area contributed by atoms with Crippen LogP contribution in [0, 0.1) is 0 Å². The Hall–Kier alpha value is -2.32. The van der Waals surface area contributed by atoms with Crippen LogP contribution in [0.4, 0.5) is 5.69 Å². The summed E-state index contributed by atoms with van der Waals surface area (Å²) in [4.78, 5) is 13.8. The summed E-state index contributed by atoms with van der Waals surface area (Å²) in [6.07, 6.45) is 6.86. The van der Waals surface area contributed by atoms with Crippen LogP contribution >= 0.6 is 23.1 Å². The van der Waals surface area contributed by atoms with Gasteiger partial charge in [0.25, 0.3) is 0 Å². The van der Waals surface area contributed by atoms with Crippen molar-refractivity contribution in [3.63, 3.8) is 0 Å². The molecule has 8 heteroatoms. The third-order valence-electron chi connectivity index (χ3n) is 5.27. The molecular weight excluding hydrogens is 416 g/mol. The zero-order chi connectivity index (χ0) is 20.8. The molecule has 6 nitrogen and oxygen atoms in total. The van der Waals surface area contributed by atoms with Gasteiger partial charge in [0.05, 0.1) is 12.9 Å². The van der Waals surface area contributed by atoms with E-state index in [-0.39, 0.29) is 5.91 Å². The number of carbonyl (C=O) groups is 1. The predicted octanol–water partition coefficient (Wildman–Crippen LogP) is 5.18. The number of nitrogens with one attached hydrogen (secondary N) is 1. The van der Waals surface area contributed by atoms with E-state index in [1.807, 2.05) is 24.3 Å². The summed E-state index contributed by atoms with van der Waals surface area (Å²) in [5, 5.41) is 14.8. The standard InChI is InChI=1S/C22H26N4O2S2/c1-28-18-10-5-7-16(13-18)23-21(27)15-30-22-25-24-20(14-19-11-6-12-29-19)26(22)17-8-3-2-4-9-17/h5-7,10-13,17H,2-4,8-9,14-15H2,1H3,(H,23,27). The Morgan fingerprint density at radius 3 is 2.87 bits per heavy atom. The van der Waals surface area contributed by atoms with Gasteiger partial charge in [-0.2, -0.15) is 0 Å². The van der Waals surface area contributed by atoms with E-state index in [9.17, 15) is 4.79 Å². The lowest BCUT2D eigenvalue weighted by atomic mass is 9.95. The molecule has 1 N–H and O–H groups in total. The van der Waals surface area contributed by atoms with Gasteiger partial charge in [-0.15, -0.1) is 21.5 Å². The van der Waals surface area contributed by atoms with Crippen molar-refractivity contribution < 1.29 is 9.53 Å². The van der Waals surface area contributed by atoms with Crippen LogP contribution in [-0.2, 0) is 11.2 Å². The van der Waals surface area contributed by atoms with Crippen molar-refractivity contribution in [2.45, 2.75) is 49.7 Å². The molecule has 1 aliphatic carbocycles. The number of thiophene rings is 1. The first kappa shape index (κ1) is 20.9. The Morgan fingerprint density at radius 1 is 1.23 bits per heavy atom. The van der Waals surface area contributed by atoms with Crippen LogP contribution < -0.4 is 10.1 Å². The van der Waals surface area contributed by atoms with E-state index < -0.39 is 0 Å². The number of nitrogens with zero attached hydrogens (tertiary/aromatic N) is 3. The van der Waals surface area contributed by atoms with E-state index in [2.05, 4.69) is 37.6 Å². The topological polar surface area (TPSA) is 69.0 Å². The van der Waals surface area contributed by atoms with Gasteiger partial charge in [0.15, 0.2) is 5.16 Å². The smallest absolute Gasteiger partial charge is 0.234 e. The molecular formula is C22H26N4O2S2.